The van der Waals surface area contributed by atoms with E-state index in [1.165, 1.54) is 32.2 Å². The van der Waals surface area contributed by atoms with Crippen LogP contribution >= 0.6 is 0 Å². The highest BCUT2D eigenvalue weighted by Gasteiger charge is 2.13. The first-order valence-electron chi connectivity index (χ1n) is 6.25. The molecule has 0 saturated carbocycles. The van der Waals surface area contributed by atoms with Crippen LogP contribution in [-0.2, 0) is 0 Å². The summed E-state index contributed by atoms with van der Waals surface area (Å²) in [5.74, 6) is 0.398. The van der Waals surface area contributed by atoms with Gasteiger partial charge in [-0.05, 0) is 45.3 Å². The third-order valence-electron chi connectivity index (χ3n) is 3.21. The lowest BCUT2D eigenvalue weighted by atomic mass is 10.0. The molecule has 3 nitrogen and oxygen atoms in total. The van der Waals surface area contributed by atoms with Gasteiger partial charge in [-0.3, -0.25) is 0 Å². The van der Waals surface area contributed by atoms with Crippen LogP contribution in [0.25, 0.3) is 0 Å². The highest BCUT2D eigenvalue weighted by atomic mass is 16.3. The molecule has 0 aromatic heterocycles. The Morgan fingerprint density at radius 2 is 2.27 bits per heavy atom. The van der Waals surface area contributed by atoms with Crippen LogP contribution in [0.4, 0.5) is 0 Å². The van der Waals surface area contributed by atoms with Crippen molar-refractivity contribution in [3.05, 3.63) is 0 Å². The van der Waals surface area contributed by atoms with Crippen LogP contribution in [0, 0.1) is 5.92 Å². The number of hydrogen-bond donors (Lipinski definition) is 2. The van der Waals surface area contributed by atoms with Gasteiger partial charge >= 0.3 is 0 Å². The smallest absolute Gasteiger partial charge is 0.0468 e. The molecule has 1 aliphatic rings. The fourth-order valence-corrected chi connectivity index (χ4v) is 2.23. The maximum atomic E-state index is 8.96. The minimum Gasteiger partial charge on any atom is -0.396 e. The van der Waals surface area contributed by atoms with Crippen LogP contribution in [0.2, 0.25) is 0 Å². The minimum atomic E-state index is 0.298. The van der Waals surface area contributed by atoms with Gasteiger partial charge in [0.05, 0.1) is 0 Å². The highest BCUT2D eigenvalue weighted by Crippen LogP contribution is 2.10. The molecule has 3 heteroatoms. The summed E-state index contributed by atoms with van der Waals surface area (Å²) in [6.45, 7) is 5.73. The van der Waals surface area contributed by atoms with Crippen LogP contribution < -0.4 is 5.32 Å². The second kappa shape index (κ2) is 7.20. The Morgan fingerprint density at radius 1 is 1.47 bits per heavy atom. The van der Waals surface area contributed by atoms with Gasteiger partial charge in [0.15, 0.2) is 0 Å². The van der Waals surface area contributed by atoms with Crippen molar-refractivity contribution in [3.8, 4) is 0 Å². The maximum Gasteiger partial charge on any atom is 0.0468 e. The van der Waals surface area contributed by atoms with E-state index in [0.717, 1.165) is 19.1 Å². The molecule has 0 radical (unpaired) electrons. The first-order valence-corrected chi connectivity index (χ1v) is 6.25. The molecule has 1 rings (SSSR count). The Labute approximate surface area is 93.9 Å². The number of nitrogens with one attached hydrogen (secondary N) is 1. The first-order chi connectivity index (χ1) is 7.22. The van der Waals surface area contributed by atoms with Crippen molar-refractivity contribution in [3.63, 3.8) is 0 Å². The standard InChI is InChI=1S/C12H26N2O/c1-11(10-15)9-14(2)8-6-12-5-3-4-7-13-12/h11-13,15H,3-10H2,1-2H3. The fraction of sp³-hybridized carbons (Fsp3) is 1.00. The van der Waals surface area contributed by atoms with Gasteiger partial charge < -0.3 is 15.3 Å². The fourth-order valence-electron chi connectivity index (χ4n) is 2.23. The molecule has 0 bridgehead atoms. The highest BCUT2D eigenvalue weighted by molar-refractivity contribution is 4.73. The molecule has 1 heterocycles. The van der Waals surface area contributed by atoms with Crippen molar-refractivity contribution in [2.24, 2.45) is 5.92 Å². The van der Waals surface area contributed by atoms with Gasteiger partial charge in [-0.15, -0.1) is 0 Å². The number of aliphatic hydroxyl groups is 1. The Kier molecular flexibility index (Phi) is 6.22. The maximum absolute atomic E-state index is 8.96. The largest absolute Gasteiger partial charge is 0.396 e. The molecule has 2 unspecified atom stereocenters. The van der Waals surface area contributed by atoms with E-state index in [2.05, 4.69) is 24.2 Å². The normalized spacial score (nSPS) is 24.4. The van der Waals surface area contributed by atoms with Crippen molar-refractivity contribution in [1.29, 1.82) is 0 Å². The van der Waals surface area contributed by atoms with Gasteiger partial charge in [0, 0.05) is 19.2 Å². The van der Waals surface area contributed by atoms with Gasteiger partial charge in [-0.25, -0.2) is 0 Å². The van der Waals surface area contributed by atoms with E-state index in [0.29, 0.717) is 12.5 Å². The Bertz CT molecular complexity index is 158. The molecule has 1 fully saturated rings. The molecule has 1 saturated heterocycles. The summed E-state index contributed by atoms with van der Waals surface area (Å²) in [7, 11) is 2.15. The Balaban J connectivity index is 2.07. The monoisotopic (exact) mass is 214 g/mol. The first kappa shape index (κ1) is 12.9. The molecule has 0 spiro atoms. The van der Waals surface area contributed by atoms with Gasteiger partial charge in [-0.2, -0.15) is 0 Å². The quantitative estimate of drug-likeness (QED) is 0.694. The van der Waals surface area contributed by atoms with Crippen molar-refractivity contribution < 1.29 is 5.11 Å². The zero-order valence-electron chi connectivity index (χ0n) is 10.2. The second-order valence-electron chi connectivity index (χ2n) is 4.99. The Morgan fingerprint density at radius 3 is 2.87 bits per heavy atom. The van der Waals surface area contributed by atoms with Crippen molar-refractivity contribution in [1.82, 2.24) is 10.2 Å². The number of aliphatic hydroxyl groups excluding tert-OH is 1. The molecule has 0 aromatic carbocycles. The molecular weight excluding hydrogens is 188 g/mol. The van der Waals surface area contributed by atoms with Gasteiger partial charge in [0.1, 0.15) is 0 Å². The molecule has 0 aromatic rings. The molecule has 0 aliphatic carbocycles. The van der Waals surface area contributed by atoms with E-state index < -0.39 is 0 Å². The van der Waals surface area contributed by atoms with Crippen molar-refractivity contribution >= 4 is 0 Å². The van der Waals surface area contributed by atoms with Crippen LogP contribution in [-0.4, -0.2) is 49.3 Å². The summed E-state index contributed by atoms with van der Waals surface area (Å²) in [5, 5.41) is 12.5. The van der Waals surface area contributed by atoms with Crippen LogP contribution in [0.3, 0.4) is 0 Å². The van der Waals surface area contributed by atoms with E-state index in [1.54, 1.807) is 0 Å². The molecule has 15 heavy (non-hydrogen) atoms. The van der Waals surface area contributed by atoms with E-state index in [9.17, 15) is 0 Å². The molecular formula is C12H26N2O. The van der Waals surface area contributed by atoms with Gasteiger partial charge in [0.25, 0.3) is 0 Å². The molecule has 0 amide bonds. The average Bonchev–Trinajstić information content (AvgIpc) is 2.27. The third-order valence-corrected chi connectivity index (χ3v) is 3.21. The number of piperidine rings is 1. The summed E-state index contributed by atoms with van der Waals surface area (Å²) in [4.78, 5) is 2.33. The number of nitrogens with zero attached hydrogens (tertiary/aromatic N) is 1. The summed E-state index contributed by atoms with van der Waals surface area (Å²) in [6, 6.07) is 0.727. The third kappa shape index (κ3) is 5.50. The summed E-state index contributed by atoms with van der Waals surface area (Å²) < 4.78 is 0. The topological polar surface area (TPSA) is 35.5 Å². The van der Waals surface area contributed by atoms with Crippen LogP contribution in [0.5, 0.6) is 0 Å². The minimum absolute atomic E-state index is 0.298. The lowest BCUT2D eigenvalue weighted by molar-refractivity contribution is 0.185. The SMILES string of the molecule is CC(CO)CN(C)CCC1CCCCN1. The van der Waals surface area contributed by atoms with Crippen molar-refractivity contribution in [2.75, 3.05) is 33.3 Å². The summed E-state index contributed by atoms with van der Waals surface area (Å²) in [5.41, 5.74) is 0. The predicted octanol–water partition coefficient (Wildman–Crippen LogP) is 1.08. The van der Waals surface area contributed by atoms with Crippen LogP contribution in [0.15, 0.2) is 0 Å². The lowest BCUT2D eigenvalue weighted by Crippen LogP contribution is -2.37. The average molecular weight is 214 g/mol. The molecule has 1 aliphatic heterocycles. The predicted molar refractivity (Wildman–Crippen MR) is 64.0 cm³/mol. The lowest BCUT2D eigenvalue weighted by Gasteiger charge is -2.26. The van der Waals surface area contributed by atoms with E-state index >= 15 is 0 Å². The number of hydrogen-bond acceptors (Lipinski definition) is 3. The van der Waals surface area contributed by atoms with Crippen molar-refractivity contribution in [2.45, 2.75) is 38.6 Å². The zero-order chi connectivity index (χ0) is 11.1. The van der Waals surface area contributed by atoms with Gasteiger partial charge in [0.2, 0.25) is 0 Å². The second-order valence-corrected chi connectivity index (χ2v) is 4.99. The molecule has 2 atom stereocenters. The Hall–Kier alpha value is -0.120. The number of rotatable bonds is 6. The van der Waals surface area contributed by atoms with Gasteiger partial charge in [-0.1, -0.05) is 13.3 Å². The van der Waals surface area contributed by atoms with E-state index in [4.69, 9.17) is 5.11 Å². The summed E-state index contributed by atoms with van der Waals surface area (Å²) in [6.07, 6.45) is 5.31. The molecule has 2 N–H and O–H groups in total. The van der Waals surface area contributed by atoms with E-state index in [1.807, 2.05) is 0 Å². The molecule has 90 valence electrons. The zero-order valence-corrected chi connectivity index (χ0v) is 10.2. The van der Waals surface area contributed by atoms with E-state index in [-0.39, 0.29) is 0 Å². The van der Waals surface area contributed by atoms with Crippen LogP contribution in [0.1, 0.15) is 32.6 Å². The summed E-state index contributed by atoms with van der Waals surface area (Å²) >= 11 is 0.